The molecule has 8 heteroatoms. The summed E-state index contributed by atoms with van der Waals surface area (Å²) in [5.41, 5.74) is 16.8. The number of benzene rings is 8. The Kier molecular flexibility index (Phi) is 13.4. The Hall–Kier alpha value is -7.34. The van der Waals surface area contributed by atoms with Crippen LogP contribution in [0.15, 0.2) is 164 Å². The van der Waals surface area contributed by atoms with Crippen LogP contribution in [0.5, 0.6) is 11.5 Å². The number of aryl methyl sites for hydroxylation is 2. The third-order valence-corrected chi connectivity index (χ3v) is 14.0. The fraction of sp³-hybridized carbons (Fsp3) is 0.169. The number of hydrogen-bond donors (Lipinski definition) is 0. The SMILES string of the molecule is Cc1cc(-c2ccccc2)cc(C)c1-c1cc(Oc2[c-]c3c(cc2)c2ccccc2n3-c2ccccn2)[c-]c(N2[CH-]N(c3c(C(C)C)cc(-c4ccc(F)cc4F)cc3C(C)C)c3cc(C(C)C)ccc32)c1.[Pt]. The second-order valence-electron chi connectivity index (χ2n) is 19.9. The number of ether oxygens (including phenoxy) is 1. The quantitative estimate of drug-likeness (QED) is 0.121. The minimum absolute atomic E-state index is 0. The summed E-state index contributed by atoms with van der Waals surface area (Å²) in [5.74, 6) is 1.09. The monoisotopic (exact) mass is 1140 g/mol. The van der Waals surface area contributed by atoms with E-state index in [9.17, 15) is 4.39 Å². The van der Waals surface area contributed by atoms with Crippen LogP contribution in [0.4, 0.5) is 31.5 Å². The second kappa shape index (κ2) is 19.9. The molecule has 0 spiro atoms. The van der Waals surface area contributed by atoms with Crippen LogP contribution in [-0.2, 0) is 21.1 Å². The first-order valence-electron chi connectivity index (χ1n) is 24.8. The maximum atomic E-state index is 15.6. The minimum Gasteiger partial charge on any atom is -0.509 e. The molecule has 73 heavy (non-hydrogen) atoms. The summed E-state index contributed by atoms with van der Waals surface area (Å²) in [5, 5.41) is 2.15. The van der Waals surface area contributed by atoms with Crippen molar-refractivity contribution >= 4 is 44.6 Å². The molecular weight excluding hydrogens is 1090 g/mol. The van der Waals surface area contributed by atoms with E-state index in [-0.39, 0.29) is 38.8 Å². The molecule has 0 saturated heterocycles. The molecule has 0 atom stereocenters. The van der Waals surface area contributed by atoms with Gasteiger partial charge in [-0.1, -0.05) is 120 Å². The van der Waals surface area contributed by atoms with E-state index in [1.807, 2.05) is 42.6 Å². The van der Waals surface area contributed by atoms with Crippen molar-refractivity contribution in [1.29, 1.82) is 0 Å². The molecule has 11 rings (SSSR count). The van der Waals surface area contributed by atoms with Gasteiger partial charge in [-0.25, -0.2) is 13.8 Å². The Morgan fingerprint density at radius 1 is 0.562 bits per heavy atom. The van der Waals surface area contributed by atoms with E-state index in [0.29, 0.717) is 17.1 Å². The average molecular weight is 1140 g/mol. The summed E-state index contributed by atoms with van der Waals surface area (Å²) < 4.78 is 38.9. The molecule has 0 N–H and O–H groups in total. The van der Waals surface area contributed by atoms with Crippen LogP contribution < -0.4 is 14.5 Å². The molecule has 0 unspecified atom stereocenters. The van der Waals surface area contributed by atoms with Crippen LogP contribution in [0.25, 0.3) is 61.0 Å². The minimum atomic E-state index is -0.599. The number of aromatic nitrogens is 2. The molecule has 368 valence electrons. The van der Waals surface area contributed by atoms with Crippen molar-refractivity contribution in [1.82, 2.24) is 9.55 Å². The summed E-state index contributed by atoms with van der Waals surface area (Å²) in [4.78, 5) is 9.27. The van der Waals surface area contributed by atoms with Crippen molar-refractivity contribution in [2.45, 2.75) is 73.1 Å². The third-order valence-electron chi connectivity index (χ3n) is 14.0. The van der Waals surface area contributed by atoms with Gasteiger partial charge in [0.05, 0.1) is 0 Å². The van der Waals surface area contributed by atoms with Crippen molar-refractivity contribution in [3.8, 4) is 50.7 Å². The molecular formula is C65H55F2N4OPt-3. The molecule has 1 aliphatic heterocycles. The van der Waals surface area contributed by atoms with Crippen LogP contribution in [0.2, 0.25) is 0 Å². The van der Waals surface area contributed by atoms with Gasteiger partial charge in [-0.05, 0) is 142 Å². The number of fused-ring (bicyclic) bond motifs is 4. The largest absolute Gasteiger partial charge is 0.509 e. The number of rotatable bonds is 11. The standard InChI is InChI=1S/C65H55F2N4O.Pt/c1-39(2)45-21-26-60-62(34-45)70(65-56(40(3)4)32-47(33-57(65)41(5)6)53-24-22-49(66)35-58(53)67)38-69(60)50-30-48(64-42(7)28-46(29-43(64)8)44-16-10-9-11-17-44)31-52(36-50)72-51-23-25-55-54-18-12-13-19-59(54)71(61(55)37-51)63-20-14-15-27-68-63;/h9-35,38-41H,1-8H3;/q-3;. The molecule has 1 aliphatic rings. The molecule has 0 fully saturated rings. The maximum Gasteiger partial charge on any atom is 0.135 e. The van der Waals surface area contributed by atoms with E-state index in [2.05, 4.69) is 192 Å². The van der Waals surface area contributed by atoms with Gasteiger partial charge in [-0.3, -0.25) is 0 Å². The normalized spacial score (nSPS) is 12.4. The smallest absolute Gasteiger partial charge is 0.135 e. The Balaban J connectivity index is 0.00000611. The van der Waals surface area contributed by atoms with E-state index in [1.165, 1.54) is 11.6 Å². The van der Waals surface area contributed by atoms with Crippen LogP contribution in [-0.4, -0.2) is 9.55 Å². The first-order valence-corrected chi connectivity index (χ1v) is 24.8. The number of para-hydroxylation sites is 1. The van der Waals surface area contributed by atoms with Crippen LogP contribution in [0.3, 0.4) is 0 Å². The van der Waals surface area contributed by atoms with Crippen LogP contribution >= 0.6 is 0 Å². The van der Waals surface area contributed by atoms with Crippen molar-refractivity contribution < 1.29 is 34.6 Å². The molecule has 0 amide bonds. The number of hydrogen-bond acceptors (Lipinski definition) is 4. The molecule has 0 saturated carbocycles. The average Bonchev–Trinajstić information content (AvgIpc) is 3.91. The van der Waals surface area contributed by atoms with Crippen LogP contribution in [0.1, 0.15) is 87.1 Å². The van der Waals surface area contributed by atoms with E-state index in [0.717, 1.165) is 107 Å². The van der Waals surface area contributed by atoms with Gasteiger partial charge in [0.1, 0.15) is 17.5 Å². The molecule has 10 aromatic rings. The van der Waals surface area contributed by atoms with Crippen molar-refractivity contribution in [2.75, 3.05) is 9.80 Å². The first-order chi connectivity index (χ1) is 34.8. The second-order valence-corrected chi connectivity index (χ2v) is 19.9. The van der Waals surface area contributed by atoms with Gasteiger partial charge in [0.25, 0.3) is 0 Å². The number of anilines is 4. The summed E-state index contributed by atoms with van der Waals surface area (Å²) in [6.07, 6.45) is 1.81. The number of nitrogens with zero attached hydrogens (tertiary/aromatic N) is 4. The Morgan fingerprint density at radius 2 is 1.27 bits per heavy atom. The van der Waals surface area contributed by atoms with Crippen LogP contribution in [0, 0.1) is 44.3 Å². The fourth-order valence-corrected chi connectivity index (χ4v) is 10.5. The first kappa shape index (κ1) is 49.2. The number of halogens is 2. The topological polar surface area (TPSA) is 33.5 Å². The molecule has 3 heterocycles. The van der Waals surface area contributed by atoms with Gasteiger partial charge in [0.2, 0.25) is 0 Å². The van der Waals surface area contributed by atoms with Crippen molar-refractivity contribution in [3.05, 3.63) is 222 Å². The summed E-state index contributed by atoms with van der Waals surface area (Å²) in [7, 11) is 0. The Morgan fingerprint density at radius 3 is 1.96 bits per heavy atom. The zero-order chi connectivity index (χ0) is 49.9. The predicted octanol–water partition coefficient (Wildman–Crippen LogP) is 18.2. The molecule has 0 bridgehead atoms. The number of pyridine rings is 1. The van der Waals surface area contributed by atoms with E-state index in [4.69, 9.17) is 9.72 Å². The molecule has 0 aliphatic carbocycles. The van der Waals surface area contributed by atoms with Gasteiger partial charge in [0, 0.05) is 73.0 Å². The predicted molar refractivity (Wildman–Crippen MR) is 292 cm³/mol. The zero-order valence-corrected chi connectivity index (χ0v) is 44.4. The van der Waals surface area contributed by atoms with Gasteiger partial charge in [-0.15, -0.1) is 53.6 Å². The fourth-order valence-electron chi connectivity index (χ4n) is 10.5. The molecule has 0 radical (unpaired) electrons. The Labute approximate surface area is 442 Å². The molecule has 2 aromatic heterocycles. The van der Waals surface area contributed by atoms with E-state index >= 15 is 4.39 Å². The van der Waals surface area contributed by atoms with Crippen molar-refractivity contribution in [2.24, 2.45) is 0 Å². The third kappa shape index (κ3) is 9.14. The summed E-state index contributed by atoms with van der Waals surface area (Å²) >= 11 is 0. The molecule has 8 aromatic carbocycles. The summed E-state index contributed by atoms with van der Waals surface area (Å²) in [6, 6.07) is 59.8. The van der Waals surface area contributed by atoms with Gasteiger partial charge < -0.3 is 19.1 Å². The van der Waals surface area contributed by atoms with Gasteiger partial charge in [-0.2, -0.15) is 6.07 Å². The Bertz CT molecular complexity index is 3640. The zero-order valence-electron chi connectivity index (χ0n) is 42.2. The van der Waals surface area contributed by atoms with Gasteiger partial charge >= 0.3 is 0 Å². The molecule has 5 nitrogen and oxygen atoms in total. The summed E-state index contributed by atoms with van der Waals surface area (Å²) in [6.45, 7) is 19.6. The van der Waals surface area contributed by atoms with E-state index < -0.39 is 11.6 Å². The van der Waals surface area contributed by atoms with Gasteiger partial charge in [0.15, 0.2) is 0 Å². The van der Waals surface area contributed by atoms with Crippen molar-refractivity contribution in [3.63, 3.8) is 0 Å². The maximum absolute atomic E-state index is 15.6. The van der Waals surface area contributed by atoms with E-state index in [1.54, 1.807) is 6.07 Å².